The lowest BCUT2D eigenvalue weighted by Crippen LogP contribution is -2.42. The highest BCUT2D eigenvalue weighted by atomic mass is 79.9. The van der Waals surface area contributed by atoms with Gasteiger partial charge in [-0.2, -0.15) is 0 Å². The molecule has 1 aliphatic heterocycles. The fraction of sp³-hybridized carbons (Fsp3) is 0.643. The van der Waals surface area contributed by atoms with Crippen LogP contribution in [0.15, 0.2) is 21.2 Å². The summed E-state index contributed by atoms with van der Waals surface area (Å²) in [6, 6.07) is 3.90. The summed E-state index contributed by atoms with van der Waals surface area (Å²) >= 11 is 3.24. The van der Waals surface area contributed by atoms with Crippen LogP contribution in [0.1, 0.15) is 37.2 Å². The van der Waals surface area contributed by atoms with Crippen LogP contribution in [0.2, 0.25) is 0 Å². The van der Waals surface area contributed by atoms with Crippen molar-refractivity contribution in [2.75, 3.05) is 19.6 Å². The molecule has 1 aromatic rings. The molecule has 0 bridgehead atoms. The monoisotopic (exact) mass is 328 g/mol. The van der Waals surface area contributed by atoms with Crippen molar-refractivity contribution < 1.29 is 9.21 Å². The number of hydrogen-bond donors (Lipinski definition) is 1. The maximum Gasteiger partial charge on any atom is 0.289 e. The van der Waals surface area contributed by atoms with Gasteiger partial charge in [-0.1, -0.05) is 13.8 Å². The largest absolute Gasteiger partial charge is 0.444 e. The SMILES string of the molecule is CC(C)CN(CC1CCCN1)C(=O)c1ccc(Br)o1. The summed E-state index contributed by atoms with van der Waals surface area (Å²) in [6.45, 7) is 6.83. The van der Waals surface area contributed by atoms with E-state index in [4.69, 9.17) is 4.42 Å². The second-order valence-electron chi connectivity index (χ2n) is 5.50. The van der Waals surface area contributed by atoms with Crippen LogP contribution in [-0.2, 0) is 0 Å². The number of nitrogens with zero attached hydrogens (tertiary/aromatic N) is 1. The summed E-state index contributed by atoms with van der Waals surface area (Å²) < 4.78 is 5.97. The van der Waals surface area contributed by atoms with Gasteiger partial charge in [0.05, 0.1) is 0 Å². The Kier molecular flexibility index (Phi) is 5.05. The number of rotatable bonds is 5. The highest BCUT2D eigenvalue weighted by Crippen LogP contribution is 2.17. The zero-order valence-corrected chi connectivity index (χ0v) is 13.1. The number of hydrogen-bond acceptors (Lipinski definition) is 3. The fourth-order valence-corrected chi connectivity index (χ4v) is 2.75. The molecule has 1 fully saturated rings. The molecule has 5 heteroatoms. The summed E-state index contributed by atoms with van der Waals surface area (Å²) in [6.07, 6.45) is 2.34. The van der Waals surface area contributed by atoms with Crippen molar-refractivity contribution in [2.24, 2.45) is 5.92 Å². The summed E-state index contributed by atoms with van der Waals surface area (Å²) in [7, 11) is 0. The van der Waals surface area contributed by atoms with Gasteiger partial charge in [0, 0.05) is 19.1 Å². The van der Waals surface area contributed by atoms with Gasteiger partial charge in [-0.05, 0) is 53.4 Å². The summed E-state index contributed by atoms with van der Waals surface area (Å²) in [5, 5.41) is 3.44. The number of halogens is 1. The van der Waals surface area contributed by atoms with Gasteiger partial charge in [0.2, 0.25) is 0 Å². The molecule has 1 atom stereocenters. The van der Waals surface area contributed by atoms with Crippen LogP contribution in [0.25, 0.3) is 0 Å². The highest BCUT2D eigenvalue weighted by Gasteiger charge is 2.24. The summed E-state index contributed by atoms with van der Waals surface area (Å²) in [5.41, 5.74) is 0. The molecule has 0 aromatic carbocycles. The van der Waals surface area contributed by atoms with Crippen molar-refractivity contribution in [3.05, 3.63) is 22.6 Å². The average molecular weight is 329 g/mol. The lowest BCUT2D eigenvalue weighted by Gasteiger charge is -2.26. The van der Waals surface area contributed by atoms with Crippen LogP contribution in [-0.4, -0.2) is 36.5 Å². The first-order valence-electron chi connectivity index (χ1n) is 6.84. The van der Waals surface area contributed by atoms with E-state index in [1.165, 1.54) is 6.42 Å². The van der Waals surface area contributed by atoms with Crippen molar-refractivity contribution in [1.29, 1.82) is 0 Å². The number of furan rings is 1. The molecule has 0 saturated carbocycles. The summed E-state index contributed by atoms with van der Waals surface area (Å²) in [5.74, 6) is 0.836. The minimum Gasteiger partial charge on any atom is -0.444 e. The molecule has 0 aliphatic carbocycles. The first-order chi connectivity index (χ1) is 9.06. The number of carbonyl (C=O) groups excluding carboxylic acids is 1. The molecular formula is C14H21BrN2O2. The zero-order chi connectivity index (χ0) is 13.8. The molecule has 2 rings (SSSR count). The molecule has 1 aromatic heterocycles. The lowest BCUT2D eigenvalue weighted by atomic mass is 10.1. The smallest absolute Gasteiger partial charge is 0.289 e. The third-order valence-electron chi connectivity index (χ3n) is 3.26. The number of nitrogens with one attached hydrogen (secondary N) is 1. The Morgan fingerprint density at radius 1 is 1.58 bits per heavy atom. The molecule has 19 heavy (non-hydrogen) atoms. The number of carbonyl (C=O) groups is 1. The Hall–Kier alpha value is -0.810. The zero-order valence-electron chi connectivity index (χ0n) is 11.5. The molecule has 106 valence electrons. The first kappa shape index (κ1) is 14.6. The van der Waals surface area contributed by atoms with E-state index in [1.807, 2.05) is 4.90 Å². The minimum absolute atomic E-state index is 0.0203. The normalized spacial score (nSPS) is 19.1. The van der Waals surface area contributed by atoms with Crippen molar-refractivity contribution in [1.82, 2.24) is 10.2 Å². The molecule has 1 aliphatic rings. The van der Waals surface area contributed by atoms with Gasteiger partial charge in [-0.3, -0.25) is 4.79 Å². The van der Waals surface area contributed by atoms with E-state index in [1.54, 1.807) is 12.1 Å². The van der Waals surface area contributed by atoms with Gasteiger partial charge in [-0.25, -0.2) is 0 Å². The quantitative estimate of drug-likeness (QED) is 0.903. The second kappa shape index (κ2) is 6.57. The molecule has 1 amide bonds. The topological polar surface area (TPSA) is 45.5 Å². The van der Waals surface area contributed by atoms with Gasteiger partial charge >= 0.3 is 0 Å². The van der Waals surface area contributed by atoms with E-state index >= 15 is 0 Å². The predicted octanol–water partition coefficient (Wildman–Crippen LogP) is 2.89. The maximum absolute atomic E-state index is 12.5. The van der Waals surface area contributed by atoms with E-state index in [9.17, 15) is 4.79 Å². The van der Waals surface area contributed by atoms with Crippen LogP contribution in [0.3, 0.4) is 0 Å². The van der Waals surface area contributed by atoms with E-state index in [-0.39, 0.29) is 5.91 Å². The Balaban J connectivity index is 2.05. The molecule has 1 N–H and O–H groups in total. The van der Waals surface area contributed by atoms with Crippen LogP contribution in [0.4, 0.5) is 0 Å². The van der Waals surface area contributed by atoms with E-state index < -0.39 is 0 Å². The highest BCUT2D eigenvalue weighted by molar-refractivity contribution is 9.10. The molecule has 1 saturated heterocycles. The third kappa shape index (κ3) is 4.08. The first-order valence-corrected chi connectivity index (χ1v) is 7.63. The van der Waals surface area contributed by atoms with Crippen LogP contribution in [0, 0.1) is 5.92 Å². The van der Waals surface area contributed by atoms with Gasteiger partial charge in [0.25, 0.3) is 5.91 Å². The van der Waals surface area contributed by atoms with E-state index in [0.29, 0.717) is 22.4 Å². The Labute approximate surface area is 122 Å². The van der Waals surface area contributed by atoms with Crippen molar-refractivity contribution in [2.45, 2.75) is 32.7 Å². The van der Waals surface area contributed by atoms with Crippen LogP contribution in [0.5, 0.6) is 0 Å². The van der Waals surface area contributed by atoms with Crippen LogP contribution >= 0.6 is 15.9 Å². The maximum atomic E-state index is 12.5. The lowest BCUT2D eigenvalue weighted by molar-refractivity contribution is 0.0688. The molecule has 2 heterocycles. The Morgan fingerprint density at radius 2 is 2.37 bits per heavy atom. The van der Waals surface area contributed by atoms with Crippen molar-refractivity contribution in [3.8, 4) is 0 Å². The molecule has 1 unspecified atom stereocenters. The Bertz CT molecular complexity index is 425. The average Bonchev–Trinajstić information content (AvgIpc) is 2.98. The van der Waals surface area contributed by atoms with Gasteiger partial charge < -0.3 is 14.6 Å². The third-order valence-corrected chi connectivity index (χ3v) is 3.69. The number of amides is 1. The van der Waals surface area contributed by atoms with E-state index in [2.05, 4.69) is 35.1 Å². The van der Waals surface area contributed by atoms with Gasteiger partial charge in [0.15, 0.2) is 10.4 Å². The second-order valence-corrected chi connectivity index (χ2v) is 6.28. The fourth-order valence-electron chi connectivity index (χ4n) is 2.44. The van der Waals surface area contributed by atoms with Crippen LogP contribution < -0.4 is 5.32 Å². The van der Waals surface area contributed by atoms with Crippen molar-refractivity contribution in [3.63, 3.8) is 0 Å². The van der Waals surface area contributed by atoms with Gasteiger partial charge in [0.1, 0.15) is 0 Å². The predicted molar refractivity (Wildman–Crippen MR) is 78.2 cm³/mol. The molecular weight excluding hydrogens is 308 g/mol. The Morgan fingerprint density at radius 3 is 2.89 bits per heavy atom. The molecule has 4 nitrogen and oxygen atoms in total. The standard InChI is InChI=1S/C14H21BrN2O2/c1-10(2)8-17(9-11-4-3-7-16-11)14(18)12-5-6-13(15)19-12/h5-6,10-11,16H,3-4,7-9H2,1-2H3. The van der Waals surface area contributed by atoms with Gasteiger partial charge in [-0.15, -0.1) is 0 Å². The molecule has 0 radical (unpaired) electrons. The van der Waals surface area contributed by atoms with Crippen molar-refractivity contribution >= 4 is 21.8 Å². The summed E-state index contributed by atoms with van der Waals surface area (Å²) in [4.78, 5) is 14.4. The van der Waals surface area contributed by atoms with E-state index in [0.717, 1.165) is 26.1 Å². The molecule has 0 spiro atoms. The minimum atomic E-state index is -0.0203.